The van der Waals surface area contributed by atoms with Crippen molar-refractivity contribution in [2.45, 2.75) is 13.0 Å². The third-order valence-corrected chi connectivity index (χ3v) is 3.08. The summed E-state index contributed by atoms with van der Waals surface area (Å²) in [6.45, 7) is 1.93. The zero-order valence-electron chi connectivity index (χ0n) is 10.6. The van der Waals surface area contributed by atoms with Crippen molar-refractivity contribution in [3.63, 3.8) is 0 Å². The number of hydrogen-bond donors (Lipinski definition) is 2. The lowest BCUT2D eigenvalue weighted by molar-refractivity contribution is 0.407. The molecule has 0 saturated carbocycles. The van der Waals surface area contributed by atoms with Crippen LogP contribution in [-0.2, 0) is 0 Å². The van der Waals surface area contributed by atoms with E-state index in [0.717, 1.165) is 5.56 Å². The van der Waals surface area contributed by atoms with Crippen LogP contribution in [0.3, 0.4) is 0 Å². The first kappa shape index (κ1) is 13.4. The Morgan fingerprint density at radius 3 is 2.84 bits per heavy atom. The average Bonchev–Trinajstić information content (AvgIpc) is 2.39. The molecule has 1 atom stereocenters. The molecule has 0 spiro atoms. The Morgan fingerprint density at radius 2 is 2.16 bits per heavy atom. The second kappa shape index (κ2) is 5.75. The lowest BCUT2D eigenvalue weighted by Crippen LogP contribution is -2.16. The smallest absolute Gasteiger partial charge is 0.295 e. The molecule has 0 amide bonds. The van der Waals surface area contributed by atoms with Crippen molar-refractivity contribution < 1.29 is 4.74 Å². The molecule has 6 heteroatoms. The highest BCUT2D eigenvalue weighted by Gasteiger charge is 2.14. The molecule has 100 valence electrons. The van der Waals surface area contributed by atoms with Gasteiger partial charge in [0, 0.05) is 5.02 Å². The number of benzene rings is 1. The van der Waals surface area contributed by atoms with Crippen LogP contribution in [-0.4, -0.2) is 17.1 Å². The number of H-pyrrole nitrogens is 1. The molecule has 2 aromatic rings. The van der Waals surface area contributed by atoms with E-state index < -0.39 is 0 Å². The van der Waals surface area contributed by atoms with Crippen LogP contribution in [0.5, 0.6) is 5.75 Å². The van der Waals surface area contributed by atoms with Gasteiger partial charge in [-0.3, -0.25) is 4.79 Å². The molecule has 0 radical (unpaired) electrons. The summed E-state index contributed by atoms with van der Waals surface area (Å²) in [6.07, 6.45) is 1.33. The predicted molar refractivity (Wildman–Crippen MR) is 74.9 cm³/mol. The summed E-state index contributed by atoms with van der Waals surface area (Å²) in [5, 5.41) is 3.78. The van der Waals surface area contributed by atoms with Crippen LogP contribution < -0.4 is 15.6 Å². The molecule has 0 aliphatic heterocycles. The highest BCUT2D eigenvalue weighted by molar-refractivity contribution is 6.31. The van der Waals surface area contributed by atoms with Crippen molar-refractivity contribution >= 4 is 17.4 Å². The zero-order chi connectivity index (χ0) is 13.8. The van der Waals surface area contributed by atoms with Gasteiger partial charge in [-0.2, -0.15) is 0 Å². The van der Waals surface area contributed by atoms with Gasteiger partial charge in [0.1, 0.15) is 0 Å². The van der Waals surface area contributed by atoms with Gasteiger partial charge < -0.3 is 15.0 Å². The van der Waals surface area contributed by atoms with Crippen molar-refractivity contribution in [1.29, 1.82) is 0 Å². The van der Waals surface area contributed by atoms with E-state index in [1.165, 1.54) is 13.4 Å². The maximum Gasteiger partial charge on any atom is 0.295 e. The summed E-state index contributed by atoms with van der Waals surface area (Å²) < 4.78 is 5.04. The van der Waals surface area contributed by atoms with E-state index in [4.69, 9.17) is 16.3 Å². The molecule has 0 fully saturated rings. The number of ether oxygens (including phenoxy) is 1. The Morgan fingerprint density at radius 1 is 1.42 bits per heavy atom. The summed E-state index contributed by atoms with van der Waals surface area (Å²) in [5.41, 5.74) is 0.597. The Kier molecular flexibility index (Phi) is 4.06. The number of aromatic amines is 1. The molecule has 5 nitrogen and oxygen atoms in total. The molecular formula is C13H14ClN3O2. The summed E-state index contributed by atoms with van der Waals surface area (Å²) >= 11 is 6.13. The topological polar surface area (TPSA) is 67.0 Å². The van der Waals surface area contributed by atoms with Crippen LogP contribution >= 0.6 is 11.6 Å². The molecule has 19 heavy (non-hydrogen) atoms. The van der Waals surface area contributed by atoms with Crippen molar-refractivity contribution in [1.82, 2.24) is 9.97 Å². The van der Waals surface area contributed by atoms with Gasteiger partial charge in [0.15, 0.2) is 5.82 Å². The fourth-order valence-electron chi connectivity index (χ4n) is 1.79. The number of aromatic nitrogens is 2. The van der Waals surface area contributed by atoms with E-state index in [1.807, 2.05) is 31.2 Å². The van der Waals surface area contributed by atoms with Crippen molar-refractivity contribution in [3.8, 4) is 5.75 Å². The minimum Gasteiger partial charge on any atom is -0.489 e. The zero-order valence-corrected chi connectivity index (χ0v) is 11.4. The van der Waals surface area contributed by atoms with Gasteiger partial charge >= 0.3 is 0 Å². The molecular weight excluding hydrogens is 266 g/mol. The standard InChI is InChI=1S/C13H14ClN3O2/c1-8(9-5-3-4-6-10(9)14)17-12-11(19-2)13(18)16-7-15-12/h3-8H,1-2H3,(H2,15,16,17,18). The van der Waals surface area contributed by atoms with Gasteiger partial charge in [0.2, 0.25) is 5.75 Å². The SMILES string of the molecule is COc1c(NC(C)c2ccccc2Cl)nc[nH]c1=O. The number of anilines is 1. The Labute approximate surface area is 115 Å². The maximum atomic E-state index is 11.6. The van der Waals surface area contributed by atoms with Crippen LogP contribution in [0.15, 0.2) is 35.4 Å². The molecule has 2 rings (SSSR count). The van der Waals surface area contributed by atoms with Gasteiger partial charge in [-0.05, 0) is 18.6 Å². The number of methoxy groups -OCH3 is 1. The first-order chi connectivity index (χ1) is 9.13. The lowest BCUT2D eigenvalue weighted by atomic mass is 10.1. The molecule has 0 saturated heterocycles. The average molecular weight is 280 g/mol. The van der Waals surface area contributed by atoms with Crippen LogP contribution in [0.4, 0.5) is 5.82 Å². The highest BCUT2D eigenvalue weighted by Crippen LogP contribution is 2.26. The van der Waals surface area contributed by atoms with Crippen molar-refractivity contribution in [2.24, 2.45) is 0 Å². The molecule has 2 N–H and O–H groups in total. The first-order valence-corrected chi connectivity index (χ1v) is 6.14. The highest BCUT2D eigenvalue weighted by atomic mass is 35.5. The van der Waals surface area contributed by atoms with Crippen molar-refractivity contribution in [3.05, 3.63) is 51.5 Å². The maximum absolute atomic E-state index is 11.6. The molecule has 1 unspecified atom stereocenters. The normalized spacial score (nSPS) is 11.9. The molecule has 1 aromatic heterocycles. The van der Waals surface area contributed by atoms with E-state index in [2.05, 4.69) is 15.3 Å². The van der Waals surface area contributed by atoms with Crippen LogP contribution in [0.1, 0.15) is 18.5 Å². The second-order valence-corrected chi connectivity index (χ2v) is 4.41. The summed E-state index contributed by atoms with van der Waals surface area (Å²) in [5.74, 6) is 0.542. The number of hydrogen-bond acceptors (Lipinski definition) is 4. The number of nitrogens with zero attached hydrogens (tertiary/aromatic N) is 1. The monoisotopic (exact) mass is 279 g/mol. The summed E-state index contributed by atoms with van der Waals surface area (Å²) in [6, 6.07) is 7.40. The van der Waals surface area contributed by atoms with Crippen LogP contribution in [0, 0.1) is 0 Å². The quantitative estimate of drug-likeness (QED) is 0.903. The van der Waals surface area contributed by atoms with Crippen LogP contribution in [0.25, 0.3) is 0 Å². The molecule has 0 bridgehead atoms. The third kappa shape index (κ3) is 2.88. The minimum atomic E-state index is -0.327. The van der Waals surface area contributed by atoms with E-state index in [9.17, 15) is 4.79 Å². The van der Waals surface area contributed by atoms with E-state index >= 15 is 0 Å². The largest absolute Gasteiger partial charge is 0.489 e. The second-order valence-electron chi connectivity index (χ2n) is 4.00. The molecule has 0 aliphatic rings. The lowest BCUT2D eigenvalue weighted by Gasteiger charge is -2.17. The van der Waals surface area contributed by atoms with E-state index in [0.29, 0.717) is 10.8 Å². The fourth-order valence-corrected chi connectivity index (χ4v) is 2.09. The Balaban J connectivity index is 2.29. The summed E-state index contributed by atoms with van der Waals surface area (Å²) in [7, 11) is 1.43. The number of nitrogens with one attached hydrogen (secondary N) is 2. The first-order valence-electron chi connectivity index (χ1n) is 5.76. The number of rotatable bonds is 4. The number of halogens is 1. The Bertz CT molecular complexity index is 627. The van der Waals surface area contributed by atoms with E-state index in [-0.39, 0.29) is 17.4 Å². The fraction of sp³-hybridized carbons (Fsp3) is 0.231. The van der Waals surface area contributed by atoms with Crippen LogP contribution in [0.2, 0.25) is 5.02 Å². The minimum absolute atomic E-state index is 0.100. The third-order valence-electron chi connectivity index (χ3n) is 2.74. The summed E-state index contributed by atoms with van der Waals surface area (Å²) in [4.78, 5) is 18.1. The van der Waals surface area contributed by atoms with Gasteiger partial charge in [-0.25, -0.2) is 4.98 Å². The Hall–Kier alpha value is -2.01. The molecule has 0 aliphatic carbocycles. The van der Waals surface area contributed by atoms with Gasteiger partial charge in [0.25, 0.3) is 5.56 Å². The molecule has 1 aromatic carbocycles. The predicted octanol–water partition coefficient (Wildman–Crippen LogP) is 2.61. The van der Waals surface area contributed by atoms with Crippen molar-refractivity contribution in [2.75, 3.05) is 12.4 Å². The molecule has 1 heterocycles. The van der Waals surface area contributed by atoms with Gasteiger partial charge in [-0.15, -0.1) is 0 Å². The van der Waals surface area contributed by atoms with Gasteiger partial charge in [0.05, 0.1) is 19.5 Å². The van der Waals surface area contributed by atoms with Gasteiger partial charge in [-0.1, -0.05) is 29.8 Å². The van der Waals surface area contributed by atoms with E-state index in [1.54, 1.807) is 0 Å².